The number of rotatable bonds is 19. The summed E-state index contributed by atoms with van der Waals surface area (Å²) in [4.78, 5) is 0. The van der Waals surface area contributed by atoms with Crippen molar-refractivity contribution in [2.45, 2.75) is 129 Å². The van der Waals surface area contributed by atoms with Crippen molar-refractivity contribution < 1.29 is 16.9 Å². The van der Waals surface area contributed by atoms with Crippen LogP contribution in [-0.2, 0) is 0 Å². The number of unbranched alkanes of at least 4 members (excludes halogenated alkanes) is 15. The lowest BCUT2D eigenvalue weighted by Crippen LogP contribution is -3.00. The summed E-state index contributed by atoms with van der Waals surface area (Å²) in [6, 6.07) is 0. The van der Waals surface area contributed by atoms with Crippen molar-refractivity contribution in [1.29, 1.82) is 0 Å². The van der Waals surface area contributed by atoms with Gasteiger partial charge in [-0.25, -0.2) is 0 Å². The van der Waals surface area contributed by atoms with E-state index in [-0.39, 0.29) is 12.4 Å². The number of halogens is 1. The molecule has 0 amide bonds. The van der Waals surface area contributed by atoms with Gasteiger partial charge in [-0.1, -0.05) is 104 Å². The first kappa shape index (κ1) is 28.7. The van der Waals surface area contributed by atoms with Gasteiger partial charge < -0.3 is 16.9 Å². The van der Waals surface area contributed by atoms with Gasteiger partial charge in [-0.05, 0) is 19.3 Å². The summed E-state index contributed by atoms with van der Waals surface area (Å²) in [5, 5.41) is 0. The first-order valence-electron chi connectivity index (χ1n) is 11.9. The second-order valence-electron chi connectivity index (χ2n) is 9.06. The maximum atomic E-state index is 2.44. The van der Waals surface area contributed by atoms with Crippen molar-refractivity contribution in [2.75, 3.05) is 20.6 Å². The summed E-state index contributed by atoms with van der Waals surface area (Å²) in [6.07, 6.45) is 24.8. The van der Waals surface area contributed by atoms with E-state index >= 15 is 0 Å². The molecule has 0 radical (unpaired) electrons. The third-order valence-corrected chi connectivity index (χ3v) is 8.59. The molecule has 0 rings (SSSR count). The van der Waals surface area contributed by atoms with Gasteiger partial charge in [0.15, 0.2) is 0 Å². The van der Waals surface area contributed by atoms with Gasteiger partial charge in [-0.2, -0.15) is 0 Å². The molecule has 1 unspecified atom stereocenters. The fourth-order valence-electron chi connectivity index (χ4n) is 3.78. The SMILES string of the molecule is CCCCCCCCCCCCCCCCCC[N+](C)(C)C([SiH3])CC.[Cl-]. The Kier molecular flexibility index (Phi) is 22.3. The van der Waals surface area contributed by atoms with E-state index in [1.165, 1.54) is 130 Å². The largest absolute Gasteiger partial charge is 1.00 e. The molecule has 0 aromatic rings. The van der Waals surface area contributed by atoms with Crippen molar-refractivity contribution in [3.8, 4) is 0 Å². The number of quaternary nitrogens is 1. The van der Waals surface area contributed by atoms with E-state index in [1.54, 1.807) is 0 Å². The van der Waals surface area contributed by atoms with Crippen LogP contribution in [0.25, 0.3) is 0 Å². The average molecular weight is 406 g/mol. The van der Waals surface area contributed by atoms with Crippen LogP contribution in [-0.4, -0.2) is 41.0 Å². The maximum Gasteiger partial charge on any atom is 0.0781 e. The Morgan fingerprint density at radius 3 is 1.19 bits per heavy atom. The smallest absolute Gasteiger partial charge is 0.0781 e. The zero-order valence-electron chi connectivity index (χ0n) is 19.1. The first-order valence-corrected chi connectivity index (χ1v) is 13.0. The lowest BCUT2D eigenvalue weighted by Gasteiger charge is -2.36. The standard InChI is InChI=1S/C23H52NSi.ClH/c1-5-7-8-9-10-11-12-13-14-15-16-17-18-19-20-21-22-24(3,4)23(25)6-2;/h23H,5-22H2,1-4,25H3;1H/q+1;/p-1. The highest BCUT2D eigenvalue weighted by molar-refractivity contribution is 6.10. The predicted octanol–water partition coefficient (Wildman–Crippen LogP) is 3.43. The van der Waals surface area contributed by atoms with Crippen molar-refractivity contribution in [1.82, 2.24) is 0 Å². The fourth-order valence-corrected chi connectivity index (χ4v) is 4.04. The Morgan fingerprint density at radius 2 is 0.885 bits per heavy atom. The van der Waals surface area contributed by atoms with Crippen LogP contribution in [0.4, 0.5) is 0 Å². The monoisotopic (exact) mass is 405 g/mol. The molecular weight excluding hydrogens is 354 g/mol. The highest BCUT2D eigenvalue weighted by atomic mass is 35.5. The highest BCUT2D eigenvalue weighted by Crippen LogP contribution is 2.15. The molecule has 1 atom stereocenters. The van der Waals surface area contributed by atoms with E-state index in [1.807, 2.05) is 0 Å². The molecule has 0 aliphatic carbocycles. The Bertz CT molecular complexity index is 271. The minimum absolute atomic E-state index is 0. The predicted molar refractivity (Wildman–Crippen MR) is 121 cm³/mol. The molecule has 0 aliphatic rings. The molecule has 0 N–H and O–H groups in total. The molecule has 26 heavy (non-hydrogen) atoms. The van der Waals surface area contributed by atoms with Crippen LogP contribution in [0.3, 0.4) is 0 Å². The van der Waals surface area contributed by atoms with Gasteiger partial charge >= 0.3 is 0 Å². The molecule has 0 saturated heterocycles. The summed E-state index contributed by atoms with van der Waals surface area (Å²) in [5.41, 5.74) is 0.941. The zero-order chi connectivity index (χ0) is 18.8. The van der Waals surface area contributed by atoms with Crippen LogP contribution < -0.4 is 12.4 Å². The molecule has 0 aromatic carbocycles. The lowest BCUT2D eigenvalue weighted by molar-refractivity contribution is -0.902. The summed E-state index contributed by atoms with van der Waals surface area (Å²) >= 11 is 0. The second-order valence-corrected chi connectivity index (χ2v) is 10.4. The summed E-state index contributed by atoms with van der Waals surface area (Å²) in [6.45, 7) is 6.04. The van der Waals surface area contributed by atoms with E-state index in [2.05, 4.69) is 27.9 Å². The Labute approximate surface area is 176 Å². The Hall–Kier alpha value is 0.467. The second kappa shape index (κ2) is 20.2. The number of hydrogen-bond donors (Lipinski definition) is 0. The average Bonchev–Trinajstić information content (AvgIpc) is 2.60. The fraction of sp³-hybridized carbons (Fsp3) is 1.00. The molecule has 3 heteroatoms. The van der Waals surface area contributed by atoms with Gasteiger partial charge in [0.2, 0.25) is 0 Å². The van der Waals surface area contributed by atoms with E-state index in [0.29, 0.717) is 0 Å². The number of nitrogens with zero attached hydrogens (tertiary/aromatic N) is 1. The van der Waals surface area contributed by atoms with E-state index < -0.39 is 0 Å². The van der Waals surface area contributed by atoms with E-state index in [0.717, 1.165) is 5.67 Å². The van der Waals surface area contributed by atoms with Gasteiger partial charge in [0.05, 0.1) is 36.5 Å². The zero-order valence-corrected chi connectivity index (χ0v) is 21.9. The third-order valence-electron chi connectivity index (χ3n) is 6.37. The molecule has 0 aromatic heterocycles. The van der Waals surface area contributed by atoms with Crippen LogP contribution >= 0.6 is 0 Å². The van der Waals surface area contributed by atoms with Crippen LogP contribution in [0.1, 0.15) is 123 Å². The normalized spacial score (nSPS) is 12.9. The minimum atomic E-state index is 0. The molecule has 0 saturated carbocycles. The minimum Gasteiger partial charge on any atom is -1.00 e. The summed E-state index contributed by atoms with van der Waals surface area (Å²) < 4.78 is 1.27. The van der Waals surface area contributed by atoms with Crippen molar-refractivity contribution >= 4 is 10.2 Å². The molecule has 160 valence electrons. The van der Waals surface area contributed by atoms with Gasteiger partial charge in [-0.15, -0.1) is 0 Å². The lowest BCUT2D eigenvalue weighted by atomic mass is 10.0. The highest BCUT2D eigenvalue weighted by Gasteiger charge is 2.20. The molecular formula is C23H52ClNSi. The van der Waals surface area contributed by atoms with Crippen molar-refractivity contribution in [3.63, 3.8) is 0 Å². The Balaban J connectivity index is 0. The topological polar surface area (TPSA) is 0 Å². The van der Waals surface area contributed by atoms with Crippen LogP contribution in [0.5, 0.6) is 0 Å². The first-order chi connectivity index (χ1) is 12.0. The van der Waals surface area contributed by atoms with Gasteiger partial charge in [0, 0.05) is 0 Å². The maximum absolute atomic E-state index is 2.44. The van der Waals surface area contributed by atoms with Crippen LogP contribution in [0, 0.1) is 0 Å². The quantitative estimate of drug-likeness (QED) is 0.175. The van der Waals surface area contributed by atoms with Gasteiger partial charge in [0.25, 0.3) is 0 Å². The van der Waals surface area contributed by atoms with E-state index in [4.69, 9.17) is 0 Å². The Morgan fingerprint density at radius 1 is 0.577 bits per heavy atom. The van der Waals surface area contributed by atoms with Crippen LogP contribution in [0.2, 0.25) is 0 Å². The van der Waals surface area contributed by atoms with Gasteiger partial charge in [0.1, 0.15) is 0 Å². The van der Waals surface area contributed by atoms with Crippen molar-refractivity contribution in [2.24, 2.45) is 0 Å². The van der Waals surface area contributed by atoms with Gasteiger partial charge in [-0.3, -0.25) is 0 Å². The van der Waals surface area contributed by atoms with E-state index in [9.17, 15) is 0 Å². The molecule has 0 spiro atoms. The van der Waals surface area contributed by atoms with Crippen molar-refractivity contribution in [3.05, 3.63) is 0 Å². The molecule has 0 fully saturated rings. The summed E-state index contributed by atoms with van der Waals surface area (Å²) in [5.74, 6) is 0. The molecule has 0 bridgehead atoms. The number of hydrogen-bond acceptors (Lipinski definition) is 0. The molecule has 1 nitrogen and oxygen atoms in total. The molecule has 0 aliphatic heterocycles. The molecule has 0 heterocycles. The third kappa shape index (κ3) is 17.9. The summed E-state index contributed by atoms with van der Waals surface area (Å²) in [7, 11) is 6.22. The van der Waals surface area contributed by atoms with Crippen LogP contribution in [0.15, 0.2) is 0 Å².